The molecule has 4 nitrogen and oxygen atoms in total. The van der Waals surface area contributed by atoms with Crippen molar-refractivity contribution >= 4 is 0 Å². The minimum absolute atomic E-state index is 0.0189. The van der Waals surface area contributed by atoms with E-state index in [0.717, 1.165) is 18.8 Å². The Morgan fingerprint density at radius 2 is 2.00 bits per heavy atom. The average molecular weight is 285 g/mol. The minimum Gasteiger partial charge on any atom is -0.357 e. The molecule has 1 aromatic heterocycles. The van der Waals surface area contributed by atoms with Gasteiger partial charge in [-0.3, -0.25) is 10.00 Å². The monoisotopic (exact) mass is 285 g/mol. The van der Waals surface area contributed by atoms with Gasteiger partial charge in [0.05, 0.1) is 18.8 Å². The van der Waals surface area contributed by atoms with E-state index >= 15 is 0 Å². The number of hydrogen-bond donors (Lipinski definition) is 1. The molecule has 1 aliphatic rings. The van der Waals surface area contributed by atoms with Gasteiger partial charge in [0.25, 0.3) is 0 Å². The van der Waals surface area contributed by atoms with Gasteiger partial charge in [0.1, 0.15) is 6.23 Å². The topological polar surface area (TPSA) is 39.1 Å². The van der Waals surface area contributed by atoms with Crippen molar-refractivity contribution in [2.24, 2.45) is 0 Å². The standard InChI is InChI=1S/C17H23N3O/c1-12-15(16-18-17(3,4)11-21-16)13(2)20(19-12)10-14-8-6-5-7-9-14/h5-9,16,18H,10-11H2,1-4H3. The van der Waals surface area contributed by atoms with Crippen LogP contribution in [0.3, 0.4) is 0 Å². The number of nitrogens with zero attached hydrogens (tertiary/aromatic N) is 2. The number of benzene rings is 1. The van der Waals surface area contributed by atoms with Crippen molar-refractivity contribution in [3.63, 3.8) is 0 Å². The van der Waals surface area contributed by atoms with E-state index < -0.39 is 0 Å². The molecule has 112 valence electrons. The first-order chi connectivity index (χ1) is 9.96. The van der Waals surface area contributed by atoms with Crippen LogP contribution in [-0.4, -0.2) is 21.9 Å². The minimum atomic E-state index is -0.0514. The second-order valence-corrected chi connectivity index (χ2v) is 6.45. The average Bonchev–Trinajstić information content (AvgIpc) is 2.91. The quantitative estimate of drug-likeness (QED) is 0.942. The van der Waals surface area contributed by atoms with Crippen molar-refractivity contribution in [2.45, 2.75) is 46.0 Å². The molecule has 1 fully saturated rings. The van der Waals surface area contributed by atoms with E-state index in [-0.39, 0.29) is 11.8 Å². The number of ether oxygens (including phenoxy) is 1. The normalized spacial score (nSPS) is 20.9. The molecule has 2 aromatic rings. The third-order valence-corrected chi connectivity index (χ3v) is 4.01. The van der Waals surface area contributed by atoms with Gasteiger partial charge in [0.2, 0.25) is 0 Å². The Morgan fingerprint density at radius 3 is 2.62 bits per heavy atom. The lowest BCUT2D eigenvalue weighted by molar-refractivity contribution is 0.0979. The molecule has 0 spiro atoms. The number of aromatic nitrogens is 2. The Morgan fingerprint density at radius 1 is 1.29 bits per heavy atom. The number of nitrogens with one attached hydrogen (secondary N) is 1. The number of hydrogen-bond acceptors (Lipinski definition) is 3. The molecule has 4 heteroatoms. The van der Waals surface area contributed by atoms with E-state index in [0.29, 0.717) is 0 Å². The first kappa shape index (κ1) is 14.3. The third-order valence-electron chi connectivity index (χ3n) is 4.01. The summed E-state index contributed by atoms with van der Waals surface area (Å²) in [4.78, 5) is 0. The molecule has 0 aliphatic carbocycles. The summed E-state index contributed by atoms with van der Waals surface area (Å²) in [5, 5.41) is 8.22. The molecule has 1 atom stereocenters. The molecule has 1 N–H and O–H groups in total. The highest BCUT2D eigenvalue weighted by atomic mass is 16.5. The van der Waals surface area contributed by atoms with Crippen LogP contribution in [0.2, 0.25) is 0 Å². The van der Waals surface area contributed by atoms with E-state index in [1.807, 2.05) is 6.07 Å². The van der Waals surface area contributed by atoms with Gasteiger partial charge in [-0.25, -0.2) is 0 Å². The lowest BCUT2D eigenvalue weighted by Crippen LogP contribution is -2.36. The summed E-state index contributed by atoms with van der Waals surface area (Å²) < 4.78 is 7.98. The molecule has 2 heterocycles. The summed E-state index contributed by atoms with van der Waals surface area (Å²) in [6.07, 6.45) is -0.0514. The van der Waals surface area contributed by atoms with Gasteiger partial charge >= 0.3 is 0 Å². The molecule has 1 saturated heterocycles. The van der Waals surface area contributed by atoms with E-state index in [1.165, 1.54) is 16.8 Å². The smallest absolute Gasteiger partial charge is 0.138 e. The highest BCUT2D eigenvalue weighted by molar-refractivity contribution is 5.29. The summed E-state index contributed by atoms with van der Waals surface area (Å²) in [6.45, 7) is 10.0. The van der Waals surface area contributed by atoms with Gasteiger partial charge in [0.15, 0.2) is 0 Å². The highest BCUT2D eigenvalue weighted by Gasteiger charge is 2.34. The molecule has 1 aliphatic heterocycles. The second kappa shape index (κ2) is 5.28. The van der Waals surface area contributed by atoms with Gasteiger partial charge < -0.3 is 4.74 Å². The molecule has 1 unspecified atom stereocenters. The van der Waals surface area contributed by atoms with Crippen LogP contribution in [0, 0.1) is 13.8 Å². The van der Waals surface area contributed by atoms with Gasteiger partial charge in [-0.2, -0.15) is 5.10 Å². The number of rotatable bonds is 3. The van der Waals surface area contributed by atoms with Crippen molar-refractivity contribution in [2.75, 3.05) is 6.61 Å². The van der Waals surface area contributed by atoms with E-state index in [9.17, 15) is 0 Å². The summed E-state index contributed by atoms with van der Waals surface area (Å²) in [6, 6.07) is 10.4. The zero-order valence-electron chi connectivity index (χ0n) is 13.2. The first-order valence-electron chi connectivity index (χ1n) is 7.43. The summed E-state index contributed by atoms with van der Waals surface area (Å²) in [5.74, 6) is 0. The molecule has 0 saturated carbocycles. The summed E-state index contributed by atoms with van der Waals surface area (Å²) in [7, 11) is 0. The number of aryl methyl sites for hydroxylation is 1. The van der Waals surface area contributed by atoms with Gasteiger partial charge in [0, 0.05) is 16.8 Å². The van der Waals surface area contributed by atoms with Crippen LogP contribution in [0.1, 0.15) is 42.6 Å². The fourth-order valence-electron chi connectivity index (χ4n) is 2.89. The van der Waals surface area contributed by atoms with Crippen molar-refractivity contribution in [1.82, 2.24) is 15.1 Å². The zero-order valence-corrected chi connectivity index (χ0v) is 13.2. The summed E-state index contributed by atoms with van der Waals surface area (Å²) in [5.41, 5.74) is 4.67. The molecule has 0 amide bonds. The zero-order chi connectivity index (χ0) is 15.0. The fraction of sp³-hybridized carbons (Fsp3) is 0.471. The Hall–Kier alpha value is -1.65. The van der Waals surface area contributed by atoms with Gasteiger partial charge in [-0.05, 0) is 33.3 Å². The SMILES string of the molecule is Cc1nn(Cc2ccccc2)c(C)c1C1NC(C)(C)CO1. The van der Waals surface area contributed by atoms with Crippen molar-refractivity contribution in [3.8, 4) is 0 Å². The van der Waals surface area contributed by atoms with Crippen molar-refractivity contribution < 1.29 is 4.74 Å². The maximum Gasteiger partial charge on any atom is 0.138 e. The highest BCUT2D eigenvalue weighted by Crippen LogP contribution is 2.30. The lowest BCUT2D eigenvalue weighted by Gasteiger charge is -2.17. The summed E-state index contributed by atoms with van der Waals surface area (Å²) >= 11 is 0. The van der Waals surface area contributed by atoms with Crippen LogP contribution in [0.25, 0.3) is 0 Å². The third kappa shape index (κ3) is 2.87. The van der Waals surface area contributed by atoms with E-state index in [2.05, 4.69) is 62.0 Å². The van der Waals surface area contributed by atoms with E-state index in [1.54, 1.807) is 0 Å². The second-order valence-electron chi connectivity index (χ2n) is 6.45. The predicted octanol–water partition coefficient (Wildman–Crippen LogP) is 2.95. The van der Waals surface area contributed by atoms with Crippen LogP contribution >= 0.6 is 0 Å². The van der Waals surface area contributed by atoms with Crippen LogP contribution in [-0.2, 0) is 11.3 Å². The van der Waals surface area contributed by atoms with Gasteiger partial charge in [-0.15, -0.1) is 0 Å². The molecule has 0 bridgehead atoms. The van der Waals surface area contributed by atoms with Crippen molar-refractivity contribution in [1.29, 1.82) is 0 Å². The van der Waals surface area contributed by atoms with Crippen LogP contribution < -0.4 is 5.32 Å². The molecule has 3 rings (SSSR count). The maximum absolute atomic E-state index is 5.92. The molecule has 21 heavy (non-hydrogen) atoms. The fourth-order valence-corrected chi connectivity index (χ4v) is 2.89. The lowest BCUT2D eigenvalue weighted by atomic mass is 10.1. The Bertz CT molecular complexity index is 631. The van der Waals surface area contributed by atoms with Crippen LogP contribution in [0.15, 0.2) is 30.3 Å². The largest absolute Gasteiger partial charge is 0.357 e. The van der Waals surface area contributed by atoms with Crippen molar-refractivity contribution in [3.05, 3.63) is 52.8 Å². The molecule has 0 radical (unpaired) electrons. The first-order valence-corrected chi connectivity index (χ1v) is 7.43. The maximum atomic E-state index is 5.92. The Labute approximate surface area is 126 Å². The Kier molecular flexibility index (Phi) is 3.59. The van der Waals surface area contributed by atoms with Gasteiger partial charge in [-0.1, -0.05) is 30.3 Å². The van der Waals surface area contributed by atoms with E-state index in [4.69, 9.17) is 9.84 Å². The molecule has 1 aromatic carbocycles. The molecular weight excluding hydrogens is 262 g/mol. The predicted molar refractivity (Wildman–Crippen MR) is 83.2 cm³/mol. The molecular formula is C17H23N3O. The van der Waals surface area contributed by atoms with Crippen LogP contribution in [0.5, 0.6) is 0 Å². The Balaban J connectivity index is 1.87. The van der Waals surface area contributed by atoms with Crippen LogP contribution in [0.4, 0.5) is 0 Å².